The highest BCUT2D eigenvalue weighted by Crippen LogP contribution is 2.34. The Bertz CT molecular complexity index is 1960. The van der Waals surface area contributed by atoms with E-state index in [9.17, 15) is 27.6 Å². The van der Waals surface area contributed by atoms with Crippen molar-refractivity contribution in [2.45, 2.75) is 73.9 Å². The first kappa shape index (κ1) is 36.7. The molecule has 1 N–H and O–H groups in total. The van der Waals surface area contributed by atoms with Crippen LogP contribution in [0.15, 0.2) is 63.9 Å². The molecule has 3 heterocycles. The lowest BCUT2D eigenvalue weighted by atomic mass is 9.94. The Hall–Kier alpha value is -4.78. The number of fused-ring (bicyclic) bond motifs is 2. The average molecular weight is 677 g/mol. The van der Waals surface area contributed by atoms with Crippen molar-refractivity contribution < 1.29 is 36.8 Å². The third-order valence-corrected chi connectivity index (χ3v) is 7.19. The maximum absolute atomic E-state index is 13.9. The molecular formula is C33H36ClF3N4O6. The summed E-state index contributed by atoms with van der Waals surface area (Å²) < 4.78 is 56.2. The normalized spacial score (nSPS) is 15.5. The van der Waals surface area contributed by atoms with Crippen LogP contribution in [0.2, 0.25) is 5.02 Å². The van der Waals surface area contributed by atoms with E-state index in [0.717, 1.165) is 22.3 Å². The van der Waals surface area contributed by atoms with E-state index in [4.69, 9.17) is 20.9 Å². The van der Waals surface area contributed by atoms with Crippen LogP contribution < -0.4 is 15.7 Å². The molecule has 1 saturated heterocycles. The molecule has 0 bridgehead atoms. The van der Waals surface area contributed by atoms with Crippen molar-refractivity contribution in [3.05, 3.63) is 86.8 Å². The van der Waals surface area contributed by atoms with Crippen LogP contribution in [0.3, 0.4) is 0 Å². The van der Waals surface area contributed by atoms with Gasteiger partial charge in [0.1, 0.15) is 5.75 Å². The second-order valence-corrected chi connectivity index (χ2v) is 10.00. The monoisotopic (exact) mass is 676 g/mol. The minimum absolute atomic E-state index is 0.0656. The minimum Gasteiger partial charge on any atom is -0.428 e. The van der Waals surface area contributed by atoms with E-state index in [2.05, 4.69) is 15.2 Å². The van der Waals surface area contributed by atoms with Gasteiger partial charge in [0.15, 0.2) is 11.4 Å². The Morgan fingerprint density at radius 1 is 0.936 bits per heavy atom. The number of nitrogens with zero attached hydrogens (tertiary/aromatic N) is 3. The Balaban J connectivity index is 0.000000947. The molecule has 0 spiro atoms. The van der Waals surface area contributed by atoms with Crippen molar-refractivity contribution in [2.24, 2.45) is 0 Å². The molecule has 1 aliphatic rings. The number of aromatic nitrogens is 3. The van der Waals surface area contributed by atoms with Crippen molar-refractivity contribution in [3.8, 4) is 11.6 Å². The molecule has 0 aliphatic carbocycles. The first-order valence-electron chi connectivity index (χ1n) is 15.0. The zero-order valence-electron chi connectivity index (χ0n) is 27.2. The van der Waals surface area contributed by atoms with Gasteiger partial charge in [-0.05, 0) is 61.4 Å². The molecule has 10 nitrogen and oxygen atoms in total. The van der Waals surface area contributed by atoms with Gasteiger partial charge in [0, 0.05) is 16.7 Å². The Morgan fingerprint density at radius 3 is 2.23 bits per heavy atom. The molecule has 47 heavy (non-hydrogen) atoms. The van der Waals surface area contributed by atoms with Gasteiger partial charge in [0.2, 0.25) is 5.60 Å². The van der Waals surface area contributed by atoms with Crippen LogP contribution in [-0.2, 0) is 21.7 Å². The van der Waals surface area contributed by atoms with Crippen LogP contribution in [0.1, 0.15) is 65.2 Å². The second kappa shape index (κ2) is 14.8. The number of hydrogen-bond acceptors (Lipinski definition) is 7. The number of imide groups is 1. The predicted octanol–water partition coefficient (Wildman–Crippen LogP) is 8.40. The largest absolute Gasteiger partial charge is 0.573 e. The molecule has 0 unspecified atom stereocenters. The lowest BCUT2D eigenvalue weighted by Gasteiger charge is -2.21. The number of halogens is 4. The second-order valence-electron chi connectivity index (χ2n) is 9.59. The molecule has 6 rings (SSSR count). The number of alkyl carbamates (subject to hydrolysis) is 1. The topological polar surface area (TPSA) is 118 Å². The Morgan fingerprint density at radius 2 is 1.62 bits per heavy atom. The van der Waals surface area contributed by atoms with Crippen LogP contribution >= 0.6 is 11.6 Å². The van der Waals surface area contributed by atoms with E-state index >= 15 is 0 Å². The molecule has 3 aromatic carbocycles. The number of imidazole rings is 1. The summed E-state index contributed by atoms with van der Waals surface area (Å²) in [6.45, 7) is 15.1. The highest BCUT2D eigenvalue weighted by molar-refractivity contribution is 6.31. The molecule has 2 aromatic heterocycles. The maximum atomic E-state index is 13.9. The SMILES string of the molecule is CC.CC.CC.Cc1ccc2c(-n3c(=O)n(Cc4cc([C@]5(C)OC(=O)NC5=O)ccc4Cl)c4ccc(OC(F)(F)F)cc43)noc2c1. The van der Waals surface area contributed by atoms with Gasteiger partial charge in [-0.25, -0.2) is 14.2 Å². The van der Waals surface area contributed by atoms with Crippen molar-refractivity contribution in [1.82, 2.24) is 19.6 Å². The third-order valence-electron chi connectivity index (χ3n) is 6.83. The standard InChI is InChI=1S/C27H18ClF3N4O6.3C2H6/c1-13-3-6-17-21(9-13)41-33-22(17)35-20-11-16(39-27(29,30)31)5-8-19(20)34(25(35)38)12-14-10-15(4-7-18(14)28)26(2)23(36)32-24(37)40-26;3*1-2/h3-11H,12H2,1-2H3,(H,32,36,37);3*1-2H3/t26-;;;/m0.../s1. The van der Waals surface area contributed by atoms with Gasteiger partial charge in [-0.1, -0.05) is 70.4 Å². The van der Waals surface area contributed by atoms with Crippen molar-refractivity contribution in [2.75, 3.05) is 0 Å². The van der Waals surface area contributed by atoms with Crippen molar-refractivity contribution in [3.63, 3.8) is 0 Å². The summed E-state index contributed by atoms with van der Waals surface area (Å²) in [5.41, 5.74) is -0.0466. The van der Waals surface area contributed by atoms with E-state index in [1.54, 1.807) is 18.2 Å². The quantitative estimate of drug-likeness (QED) is 0.199. The minimum atomic E-state index is -4.96. The number of rotatable bonds is 5. The molecule has 1 atom stereocenters. The number of carbonyl (C=O) groups is 2. The number of ether oxygens (including phenoxy) is 2. The van der Waals surface area contributed by atoms with Crippen LogP contribution in [0.5, 0.6) is 5.75 Å². The lowest BCUT2D eigenvalue weighted by Crippen LogP contribution is -2.33. The third kappa shape index (κ3) is 7.30. The summed E-state index contributed by atoms with van der Waals surface area (Å²) in [4.78, 5) is 38.0. The molecule has 2 amide bonds. The van der Waals surface area contributed by atoms with Crippen molar-refractivity contribution in [1.29, 1.82) is 0 Å². The van der Waals surface area contributed by atoms with E-state index < -0.39 is 35.4 Å². The molecule has 252 valence electrons. The number of aryl methyl sites for hydroxylation is 1. The van der Waals surface area contributed by atoms with Gasteiger partial charge in [-0.15, -0.1) is 13.2 Å². The number of hydrogen-bond donors (Lipinski definition) is 1. The van der Waals surface area contributed by atoms with Gasteiger partial charge in [-0.3, -0.25) is 14.7 Å². The van der Waals surface area contributed by atoms with Gasteiger partial charge in [0.25, 0.3) is 5.91 Å². The summed E-state index contributed by atoms with van der Waals surface area (Å²) in [5.74, 6) is -1.14. The van der Waals surface area contributed by atoms with Crippen LogP contribution in [0.25, 0.3) is 27.8 Å². The van der Waals surface area contributed by atoms with E-state index in [0.29, 0.717) is 22.1 Å². The van der Waals surface area contributed by atoms with Crippen LogP contribution in [-0.4, -0.2) is 32.7 Å². The number of benzene rings is 3. The Labute approximate surface area is 274 Å². The lowest BCUT2D eigenvalue weighted by molar-refractivity contribution is -0.274. The van der Waals surface area contributed by atoms with Gasteiger partial charge in [-0.2, -0.15) is 0 Å². The molecular weight excluding hydrogens is 641 g/mol. The van der Waals surface area contributed by atoms with E-state index in [-0.39, 0.29) is 28.4 Å². The molecule has 0 radical (unpaired) electrons. The molecule has 14 heteroatoms. The fraction of sp³-hybridized carbons (Fsp3) is 0.333. The van der Waals surface area contributed by atoms with Gasteiger partial charge in [0.05, 0.1) is 23.0 Å². The Kier molecular flexibility index (Phi) is 11.5. The molecule has 5 aromatic rings. The van der Waals surface area contributed by atoms with Crippen LogP contribution in [0.4, 0.5) is 18.0 Å². The molecule has 1 aliphatic heterocycles. The zero-order chi connectivity index (χ0) is 35.3. The number of carbonyl (C=O) groups excluding carboxylic acids is 2. The first-order valence-corrected chi connectivity index (χ1v) is 15.4. The number of amides is 2. The highest BCUT2D eigenvalue weighted by Gasteiger charge is 2.46. The number of nitrogens with one attached hydrogen (secondary N) is 1. The first-order chi connectivity index (χ1) is 22.3. The van der Waals surface area contributed by atoms with Gasteiger partial charge >= 0.3 is 18.1 Å². The average Bonchev–Trinajstić information content (AvgIpc) is 3.66. The fourth-order valence-electron chi connectivity index (χ4n) is 4.81. The zero-order valence-corrected chi connectivity index (χ0v) is 28.0. The summed E-state index contributed by atoms with van der Waals surface area (Å²) in [6, 6.07) is 13.2. The smallest absolute Gasteiger partial charge is 0.428 e. The number of cyclic esters (lactones) is 1. The molecule has 1 fully saturated rings. The highest BCUT2D eigenvalue weighted by atomic mass is 35.5. The fourth-order valence-corrected chi connectivity index (χ4v) is 4.98. The summed E-state index contributed by atoms with van der Waals surface area (Å²) in [6.07, 6.45) is -5.86. The molecule has 0 saturated carbocycles. The summed E-state index contributed by atoms with van der Waals surface area (Å²) in [7, 11) is 0. The maximum Gasteiger partial charge on any atom is 0.573 e. The van der Waals surface area contributed by atoms with Crippen LogP contribution in [0, 0.1) is 6.92 Å². The van der Waals surface area contributed by atoms with E-state index in [1.807, 2.05) is 48.5 Å². The number of alkyl halides is 3. The predicted molar refractivity (Wildman–Crippen MR) is 173 cm³/mol. The van der Waals surface area contributed by atoms with Crippen molar-refractivity contribution >= 4 is 45.6 Å². The van der Waals surface area contributed by atoms with E-state index in [1.165, 1.54) is 35.8 Å². The summed E-state index contributed by atoms with van der Waals surface area (Å²) in [5, 5.41) is 6.82. The van der Waals surface area contributed by atoms with Gasteiger partial charge < -0.3 is 14.0 Å². The summed E-state index contributed by atoms with van der Waals surface area (Å²) >= 11 is 6.46.